The van der Waals surface area contributed by atoms with Gasteiger partial charge in [0.15, 0.2) is 12.4 Å². The molecule has 0 unspecified atom stereocenters. The SMILES string of the molecule is O=C(Cn1cnc2c(oc3ccccc32)c1=O)OCC(=O)c1ccc(NC(=O)c2ccccc2)cc1. The Morgan fingerprint density at radius 1 is 0.889 bits per heavy atom. The summed E-state index contributed by atoms with van der Waals surface area (Å²) >= 11 is 0. The Hall–Kier alpha value is -5.05. The van der Waals surface area contributed by atoms with Crippen LogP contribution >= 0.6 is 0 Å². The van der Waals surface area contributed by atoms with Crippen LogP contribution in [-0.4, -0.2) is 33.8 Å². The number of Topliss-reactive ketones (excluding diaryl/α,β-unsaturated/α-hetero) is 1. The van der Waals surface area contributed by atoms with Crippen LogP contribution in [0, 0.1) is 0 Å². The molecule has 5 aromatic rings. The third-order valence-electron chi connectivity index (χ3n) is 5.52. The Morgan fingerprint density at radius 2 is 1.61 bits per heavy atom. The van der Waals surface area contributed by atoms with E-state index >= 15 is 0 Å². The minimum Gasteiger partial charge on any atom is -0.456 e. The summed E-state index contributed by atoms with van der Waals surface area (Å²) in [7, 11) is 0. The lowest BCUT2D eigenvalue weighted by Gasteiger charge is -2.08. The van der Waals surface area contributed by atoms with E-state index in [1.807, 2.05) is 12.1 Å². The van der Waals surface area contributed by atoms with E-state index in [4.69, 9.17) is 9.15 Å². The number of nitrogens with zero attached hydrogens (tertiary/aromatic N) is 2. The molecular weight excluding hydrogens is 462 g/mol. The molecule has 0 bridgehead atoms. The van der Waals surface area contributed by atoms with Crippen LogP contribution in [0.15, 0.2) is 94.4 Å². The molecule has 0 atom stereocenters. The largest absolute Gasteiger partial charge is 0.456 e. The Labute approximate surface area is 203 Å². The maximum absolute atomic E-state index is 12.7. The second-order valence-corrected chi connectivity index (χ2v) is 7.93. The van der Waals surface area contributed by atoms with Crippen LogP contribution in [0.4, 0.5) is 5.69 Å². The zero-order chi connectivity index (χ0) is 25.1. The minimum atomic E-state index is -0.769. The monoisotopic (exact) mass is 481 g/mol. The Balaban J connectivity index is 1.19. The van der Waals surface area contributed by atoms with Crippen LogP contribution in [0.3, 0.4) is 0 Å². The molecule has 5 rings (SSSR count). The summed E-state index contributed by atoms with van der Waals surface area (Å²) in [5.41, 5.74) is 1.80. The van der Waals surface area contributed by atoms with Gasteiger partial charge in [-0.05, 0) is 48.5 Å². The number of nitrogens with one attached hydrogen (secondary N) is 1. The molecule has 0 aliphatic carbocycles. The highest BCUT2D eigenvalue weighted by Gasteiger charge is 2.16. The van der Waals surface area contributed by atoms with E-state index < -0.39 is 30.5 Å². The van der Waals surface area contributed by atoms with Gasteiger partial charge in [-0.3, -0.25) is 23.7 Å². The minimum absolute atomic E-state index is 0.0435. The third-order valence-corrected chi connectivity index (χ3v) is 5.52. The van der Waals surface area contributed by atoms with Crippen LogP contribution in [0.5, 0.6) is 0 Å². The predicted octanol–water partition coefficient (Wildman–Crippen LogP) is 3.82. The summed E-state index contributed by atoms with van der Waals surface area (Å²) in [6.07, 6.45) is 1.25. The van der Waals surface area contributed by atoms with Crippen LogP contribution < -0.4 is 10.9 Å². The fourth-order valence-electron chi connectivity index (χ4n) is 3.67. The molecule has 2 aromatic heterocycles. The molecule has 9 heteroatoms. The highest BCUT2D eigenvalue weighted by atomic mass is 16.5. The molecule has 3 aromatic carbocycles. The molecule has 178 valence electrons. The molecule has 0 saturated heterocycles. The Morgan fingerprint density at radius 3 is 2.39 bits per heavy atom. The van der Waals surface area contributed by atoms with Crippen molar-refractivity contribution in [2.75, 3.05) is 11.9 Å². The zero-order valence-corrected chi connectivity index (χ0v) is 18.8. The van der Waals surface area contributed by atoms with Gasteiger partial charge < -0.3 is 14.5 Å². The van der Waals surface area contributed by atoms with Crippen LogP contribution in [0.2, 0.25) is 0 Å². The molecule has 1 N–H and O–H groups in total. The average molecular weight is 481 g/mol. The van der Waals surface area contributed by atoms with Gasteiger partial charge in [0, 0.05) is 22.2 Å². The smallest absolute Gasteiger partial charge is 0.326 e. The molecule has 0 aliphatic rings. The standard InChI is InChI=1S/C27H19N3O6/c31-21(17-10-12-19(13-11-17)29-26(33)18-6-2-1-3-7-18)15-35-23(32)14-30-16-28-24-20-8-4-5-9-22(20)36-25(24)27(30)34/h1-13,16H,14-15H2,(H,29,33). The van der Waals surface area contributed by atoms with Gasteiger partial charge in [0.1, 0.15) is 17.6 Å². The van der Waals surface area contributed by atoms with E-state index in [0.29, 0.717) is 33.3 Å². The lowest BCUT2D eigenvalue weighted by Crippen LogP contribution is -2.26. The number of rotatable bonds is 7. The molecular formula is C27H19N3O6. The van der Waals surface area contributed by atoms with E-state index in [2.05, 4.69) is 10.3 Å². The molecule has 0 radical (unpaired) electrons. The zero-order valence-electron chi connectivity index (χ0n) is 18.8. The molecule has 36 heavy (non-hydrogen) atoms. The number of para-hydroxylation sites is 1. The summed E-state index contributed by atoms with van der Waals surface area (Å²) in [5, 5.41) is 3.45. The topological polar surface area (TPSA) is 120 Å². The first-order valence-corrected chi connectivity index (χ1v) is 11.0. The number of benzene rings is 3. The maximum atomic E-state index is 12.7. The first kappa shape index (κ1) is 22.7. The first-order chi connectivity index (χ1) is 17.5. The van der Waals surface area contributed by atoms with Crippen molar-refractivity contribution in [3.8, 4) is 0 Å². The van der Waals surface area contributed by atoms with Crippen molar-refractivity contribution in [1.29, 1.82) is 0 Å². The number of hydrogen-bond acceptors (Lipinski definition) is 7. The number of carbonyl (C=O) groups is 3. The predicted molar refractivity (Wildman–Crippen MR) is 132 cm³/mol. The molecule has 0 aliphatic heterocycles. The number of esters is 1. The van der Waals surface area contributed by atoms with Gasteiger partial charge in [-0.15, -0.1) is 0 Å². The van der Waals surface area contributed by atoms with Crippen LogP contribution in [-0.2, 0) is 16.1 Å². The van der Waals surface area contributed by atoms with Gasteiger partial charge in [0.2, 0.25) is 5.58 Å². The number of ether oxygens (including phenoxy) is 1. The molecule has 0 spiro atoms. The summed E-state index contributed by atoms with van der Waals surface area (Å²) in [4.78, 5) is 53.9. The molecule has 9 nitrogen and oxygen atoms in total. The van der Waals surface area contributed by atoms with E-state index in [9.17, 15) is 19.2 Å². The number of furan rings is 1. The second-order valence-electron chi connectivity index (χ2n) is 7.93. The number of anilines is 1. The van der Waals surface area contributed by atoms with Crippen molar-refractivity contribution >= 4 is 45.4 Å². The first-order valence-electron chi connectivity index (χ1n) is 11.0. The van der Waals surface area contributed by atoms with Crippen molar-refractivity contribution in [2.45, 2.75) is 6.54 Å². The molecule has 0 fully saturated rings. The second kappa shape index (κ2) is 9.67. The van der Waals surface area contributed by atoms with Gasteiger partial charge in [-0.1, -0.05) is 30.3 Å². The normalized spacial score (nSPS) is 10.9. The lowest BCUT2D eigenvalue weighted by molar-refractivity contribution is -0.143. The van der Waals surface area contributed by atoms with E-state index in [-0.39, 0.29) is 11.5 Å². The number of ketones is 1. The molecule has 2 heterocycles. The van der Waals surface area contributed by atoms with Crippen molar-refractivity contribution in [2.24, 2.45) is 0 Å². The van der Waals surface area contributed by atoms with E-state index in [1.54, 1.807) is 54.6 Å². The van der Waals surface area contributed by atoms with Gasteiger partial charge in [-0.2, -0.15) is 0 Å². The van der Waals surface area contributed by atoms with Gasteiger partial charge >= 0.3 is 5.97 Å². The summed E-state index contributed by atoms with van der Waals surface area (Å²) in [5.74, 6) is -1.47. The quantitative estimate of drug-likeness (QED) is 0.277. The Kier molecular flexibility index (Phi) is 6.10. The van der Waals surface area contributed by atoms with Crippen molar-refractivity contribution in [3.63, 3.8) is 0 Å². The van der Waals surface area contributed by atoms with Gasteiger partial charge in [-0.25, -0.2) is 4.98 Å². The number of carbonyl (C=O) groups excluding carboxylic acids is 3. The number of aromatic nitrogens is 2. The van der Waals surface area contributed by atoms with Gasteiger partial charge in [0.25, 0.3) is 11.5 Å². The Bertz CT molecular complexity index is 1650. The molecule has 0 saturated carbocycles. The van der Waals surface area contributed by atoms with Crippen molar-refractivity contribution in [1.82, 2.24) is 9.55 Å². The van der Waals surface area contributed by atoms with Crippen LogP contribution in [0.1, 0.15) is 20.7 Å². The summed E-state index contributed by atoms with van der Waals surface area (Å²) < 4.78 is 11.7. The van der Waals surface area contributed by atoms with Crippen LogP contribution in [0.25, 0.3) is 22.1 Å². The number of amides is 1. The van der Waals surface area contributed by atoms with Crippen molar-refractivity contribution in [3.05, 3.63) is 107 Å². The highest BCUT2D eigenvalue weighted by molar-refractivity contribution is 6.05. The number of hydrogen-bond donors (Lipinski definition) is 1. The summed E-state index contributed by atoms with van der Waals surface area (Å²) in [6, 6.07) is 22.1. The fraction of sp³-hybridized carbons (Fsp3) is 0.0741. The van der Waals surface area contributed by atoms with E-state index in [1.165, 1.54) is 18.5 Å². The maximum Gasteiger partial charge on any atom is 0.326 e. The lowest BCUT2D eigenvalue weighted by atomic mass is 10.1. The summed E-state index contributed by atoms with van der Waals surface area (Å²) in [6.45, 7) is -0.916. The highest BCUT2D eigenvalue weighted by Crippen LogP contribution is 2.24. The fourth-order valence-corrected chi connectivity index (χ4v) is 3.67. The number of fused-ring (bicyclic) bond motifs is 3. The van der Waals surface area contributed by atoms with Gasteiger partial charge in [0.05, 0.1) is 6.33 Å². The average Bonchev–Trinajstić information content (AvgIpc) is 3.29. The molecule has 1 amide bonds. The third kappa shape index (κ3) is 4.62. The van der Waals surface area contributed by atoms with Crippen molar-refractivity contribution < 1.29 is 23.5 Å². The van der Waals surface area contributed by atoms with E-state index in [0.717, 1.165) is 4.57 Å².